The molecule has 0 aromatic heterocycles. The van der Waals surface area contributed by atoms with Crippen molar-refractivity contribution in [1.29, 1.82) is 0 Å². The molecule has 0 N–H and O–H groups in total. The van der Waals surface area contributed by atoms with Gasteiger partial charge in [0.2, 0.25) is 0 Å². The third kappa shape index (κ3) is 2.80. The largest absolute Gasteiger partial charge is 0.377 e. The van der Waals surface area contributed by atoms with Crippen molar-refractivity contribution >= 4 is 23.0 Å². The minimum absolute atomic E-state index is 0.00502. The third-order valence-electron chi connectivity index (χ3n) is 8.24. The predicted molar refractivity (Wildman–Crippen MR) is 127 cm³/mol. The molecule has 3 atom stereocenters. The molecule has 0 heterocycles. The summed E-state index contributed by atoms with van der Waals surface area (Å²) in [7, 11) is 3.95. The van der Waals surface area contributed by atoms with Crippen LogP contribution in [0.1, 0.15) is 67.6 Å². The van der Waals surface area contributed by atoms with E-state index in [1.807, 2.05) is 52.8 Å². The summed E-state index contributed by atoms with van der Waals surface area (Å²) in [5.41, 5.74) is 6.28. The first-order valence-corrected chi connectivity index (χ1v) is 11.3. The van der Waals surface area contributed by atoms with Gasteiger partial charge in [-0.05, 0) is 82.9 Å². The van der Waals surface area contributed by atoms with Crippen molar-refractivity contribution in [2.45, 2.75) is 53.9 Å². The number of carbonyl (C=O) groups excluding carboxylic acids is 3. The molecule has 32 heavy (non-hydrogen) atoms. The topological polar surface area (TPSA) is 54.5 Å². The van der Waals surface area contributed by atoms with Crippen molar-refractivity contribution in [2.75, 3.05) is 19.0 Å². The van der Waals surface area contributed by atoms with Crippen molar-refractivity contribution in [1.82, 2.24) is 0 Å². The van der Waals surface area contributed by atoms with E-state index < -0.39 is 5.41 Å². The van der Waals surface area contributed by atoms with Crippen LogP contribution in [0.4, 0.5) is 5.69 Å². The highest BCUT2D eigenvalue weighted by Gasteiger charge is 2.54. The summed E-state index contributed by atoms with van der Waals surface area (Å²) in [4.78, 5) is 41.9. The summed E-state index contributed by atoms with van der Waals surface area (Å²) in [5, 5.41) is 0. The summed E-state index contributed by atoms with van der Waals surface area (Å²) in [6.07, 6.45) is 8.01. The minimum atomic E-state index is -0.818. The standard InChI is InChI=1S/C28H31NO3/c1-9-18-13-22(29(7)8)21-12-19-11-20-10-14(2)23(17(5)30)27(32)28(20,6)16(4)25(19)26(31)24(21)15(18)3/h1,13,19-20H,10-12H2,2-8H3. The van der Waals surface area contributed by atoms with E-state index in [4.69, 9.17) is 6.42 Å². The van der Waals surface area contributed by atoms with E-state index >= 15 is 0 Å². The summed E-state index contributed by atoms with van der Waals surface area (Å²) in [5.74, 6) is 2.59. The summed E-state index contributed by atoms with van der Waals surface area (Å²) >= 11 is 0. The molecule has 3 aliphatic carbocycles. The van der Waals surface area contributed by atoms with Gasteiger partial charge in [0, 0.05) is 36.5 Å². The Labute approximate surface area is 190 Å². The van der Waals surface area contributed by atoms with Crippen LogP contribution in [-0.2, 0) is 16.0 Å². The van der Waals surface area contributed by atoms with Crippen molar-refractivity contribution < 1.29 is 14.4 Å². The second kappa shape index (κ2) is 7.30. The van der Waals surface area contributed by atoms with Crippen LogP contribution in [-0.4, -0.2) is 31.4 Å². The molecule has 1 aromatic rings. The molecule has 0 amide bonds. The highest BCUT2D eigenvalue weighted by Crippen LogP contribution is 2.56. The summed E-state index contributed by atoms with van der Waals surface area (Å²) in [6, 6.07) is 2.01. The molecule has 0 aliphatic heterocycles. The number of allylic oxidation sites excluding steroid dienone is 4. The maximum atomic E-state index is 14.0. The molecule has 4 nitrogen and oxygen atoms in total. The molecule has 166 valence electrons. The normalized spacial score (nSPS) is 26.9. The van der Waals surface area contributed by atoms with Gasteiger partial charge in [0.15, 0.2) is 17.3 Å². The van der Waals surface area contributed by atoms with Gasteiger partial charge in [-0.1, -0.05) is 17.1 Å². The average Bonchev–Trinajstić information content (AvgIpc) is 2.70. The van der Waals surface area contributed by atoms with Crippen LogP contribution >= 0.6 is 0 Å². The fourth-order valence-corrected chi connectivity index (χ4v) is 6.42. The molecule has 0 saturated carbocycles. The number of carbonyl (C=O) groups is 3. The van der Waals surface area contributed by atoms with Gasteiger partial charge in [0.05, 0.1) is 11.0 Å². The Hall–Kier alpha value is -2.93. The van der Waals surface area contributed by atoms with E-state index in [1.165, 1.54) is 6.92 Å². The molecule has 1 aromatic carbocycles. The zero-order valence-corrected chi connectivity index (χ0v) is 20.1. The highest BCUT2D eigenvalue weighted by atomic mass is 16.2. The van der Waals surface area contributed by atoms with Crippen LogP contribution < -0.4 is 4.90 Å². The average molecular weight is 430 g/mol. The lowest BCUT2D eigenvalue weighted by Crippen LogP contribution is -2.49. The summed E-state index contributed by atoms with van der Waals surface area (Å²) in [6.45, 7) is 9.15. The van der Waals surface area contributed by atoms with Crippen molar-refractivity contribution in [2.24, 2.45) is 17.3 Å². The van der Waals surface area contributed by atoms with E-state index in [-0.39, 0.29) is 29.2 Å². The first-order chi connectivity index (χ1) is 14.9. The lowest BCUT2D eigenvalue weighted by molar-refractivity contribution is -0.129. The number of fused-ring (bicyclic) bond motifs is 3. The van der Waals surface area contributed by atoms with E-state index in [0.717, 1.165) is 58.4 Å². The predicted octanol–water partition coefficient (Wildman–Crippen LogP) is 4.62. The van der Waals surface area contributed by atoms with Gasteiger partial charge < -0.3 is 4.90 Å². The fourth-order valence-electron chi connectivity index (χ4n) is 6.42. The van der Waals surface area contributed by atoms with Crippen molar-refractivity contribution in [3.05, 3.63) is 50.6 Å². The molecule has 4 heteroatoms. The maximum Gasteiger partial charge on any atom is 0.189 e. The second-order valence-corrected chi connectivity index (χ2v) is 10.1. The molecule has 3 aliphatic rings. The lowest BCUT2D eigenvalue weighted by atomic mass is 9.52. The Bertz CT molecular complexity index is 1200. The smallest absolute Gasteiger partial charge is 0.189 e. The number of Topliss-reactive ketones (excluding diaryl/α,β-unsaturated/α-hetero) is 3. The second-order valence-electron chi connectivity index (χ2n) is 10.1. The van der Waals surface area contributed by atoms with Crippen molar-refractivity contribution in [3.8, 4) is 12.3 Å². The monoisotopic (exact) mass is 429 g/mol. The Morgan fingerprint density at radius 3 is 2.41 bits per heavy atom. The molecular formula is C28H31NO3. The SMILES string of the molecule is C#Cc1cc(N(C)C)c2c(c1C)C(=O)C1=C(C)C3(C)C(=O)C(C(C)=O)=C(C)CC3CC1C2. The van der Waals surface area contributed by atoms with Crippen LogP contribution in [0, 0.1) is 36.5 Å². The molecule has 0 bridgehead atoms. The van der Waals surface area contributed by atoms with Gasteiger partial charge in [0.1, 0.15) is 0 Å². The fraction of sp³-hybridized carbons (Fsp3) is 0.464. The number of anilines is 1. The maximum absolute atomic E-state index is 14.0. The molecule has 0 fully saturated rings. The lowest BCUT2D eigenvalue weighted by Gasteiger charge is -2.49. The van der Waals surface area contributed by atoms with Gasteiger partial charge in [-0.25, -0.2) is 0 Å². The Balaban J connectivity index is 1.96. The molecule has 0 spiro atoms. The Morgan fingerprint density at radius 2 is 1.84 bits per heavy atom. The third-order valence-corrected chi connectivity index (χ3v) is 8.24. The number of hydrogen-bond acceptors (Lipinski definition) is 4. The zero-order valence-electron chi connectivity index (χ0n) is 20.1. The Morgan fingerprint density at radius 1 is 1.19 bits per heavy atom. The first-order valence-electron chi connectivity index (χ1n) is 11.3. The number of ketones is 3. The molecule has 3 unspecified atom stereocenters. The minimum Gasteiger partial charge on any atom is -0.377 e. The zero-order chi connectivity index (χ0) is 23.7. The first kappa shape index (κ1) is 22.3. The van der Waals surface area contributed by atoms with E-state index in [9.17, 15) is 14.4 Å². The van der Waals surface area contributed by atoms with Crippen LogP contribution in [0.15, 0.2) is 28.4 Å². The van der Waals surface area contributed by atoms with E-state index in [1.54, 1.807) is 0 Å². The van der Waals surface area contributed by atoms with E-state index in [0.29, 0.717) is 11.1 Å². The molecule has 0 saturated heterocycles. The number of terminal acetylenes is 1. The quantitative estimate of drug-likeness (QED) is 0.509. The van der Waals surface area contributed by atoms with Gasteiger partial charge in [-0.15, -0.1) is 6.42 Å². The molecular weight excluding hydrogens is 398 g/mol. The molecule has 0 radical (unpaired) electrons. The van der Waals surface area contributed by atoms with Crippen LogP contribution in [0.25, 0.3) is 0 Å². The van der Waals surface area contributed by atoms with E-state index in [2.05, 4.69) is 5.92 Å². The number of benzene rings is 1. The van der Waals surface area contributed by atoms with Gasteiger partial charge in [-0.3, -0.25) is 14.4 Å². The number of hydrogen-bond donors (Lipinski definition) is 0. The van der Waals surface area contributed by atoms with Gasteiger partial charge in [0.25, 0.3) is 0 Å². The van der Waals surface area contributed by atoms with Gasteiger partial charge in [-0.2, -0.15) is 0 Å². The highest BCUT2D eigenvalue weighted by molar-refractivity contribution is 6.24. The van der Waals surface area contributed by atoms with Crippen LogP contribution in [0.3, 0.4) is 0 Å². The number of nitrogens with zero attached hydrogens (tertiary/aromatic N) is 1. The molecule has 4 rings (SSSR count). The van der Waals surface area contributed by atoms with Crippen LogP contribution in [0.5, 0.6) is 0 Å². The van der Waals surface area contributed by atoms with Gasteiger partial charge >= 0.3 is 0 Å². The van der Waals surface area contributed by atoms with Crippen molar-refractivity contribution in [3.63, 3.8) is 0 Å². The van der Waals surface area contributed by atoms with Crippen LogP contribution in [0.2, 0.25) is 0 Å². The number of rotatable bonds is 2. The summed E-state index contributed by atoms with van der Waals surface area (Å²) < 4.78 is 0. The Kier molecular flexibility index (Phi) is 5.08.